The molecule has 0 aliphatic carbocycles. The highest BCUT2D eigenvalue weighted by Gasteiger charge is 2.05. The van der Waals surface area contributed by atoms with Crippen molar-refractivity contribution in [3.05, 3.63) is 34.2 Å². The molecule has 0 fully saturated rings. The van der Waals surface area contributed by atoms with Crippen LogP contribution in [-0.4, -0.2) is 31.9 Å². The normalized spacial score (nSPS) is 11.0. The van der Waals surface area contributed by atoms with Crippen molar-refractivity contribution in [1.29, 1.82) is 0 Å². The van der Waals surface area contributed by atoms with Gasteiger partial charge in [0.25, 0.3) is 5.56 Å². The summed E-state index contributed by atoms with van der Waals surface area (Å²) in [6.07, 6.45) is 4.32. The van der Waals surface area contributed by atoms with Crippen LogP contribution in [-0.2, 0) is 0 Å². The Labute approximate surface area is 126 Å². The zero-order valence-electron chi connectivity index (χ0n) is 10.4. The number of rotatable bonds is 6. The predicted octanol–water partition coefficient (Wildman–Crippen LogP) is 2.20. The molecule has 0 aromatic carbocycles. The Morgan fingerprint density at radius 1 is 1.35 bits per heavy atom. The third-order valence-electron chi connectivity index (χ3n) is 2.40. The molecular formula is C11H11N5OS3. The summed E-state index contributed by atoms with van der Waals surface area (Å²) < 4.78 is 2.41. The zero-order chi connectivity index (χ0) is 13.8. The van der Waals surface area contributed by atoms with E-state index in [1.54, 1.807) is 23.1 Å². The Balaban J connectivity index is 1.50. The Morgan fingerprint density at radius 3 is 3.10 bits per heavy atom. The molecule has 0 unspecified atom stereocenters. The molecule has 0 amide bonds. The van der Waals surface area contributed by atoms with Gasteiger partial charge in [-0.15, -0.1) is 16.4 Å². The topological polar surface area (TPSA) is 72.2 Å². The van der Waals surface area contributed by atoms with Crippen molar-refractivity contribution in [2.45, 2.75) is 10.8 Å². The molecule has 6 nitrogen and oxygen atoms in total. The van der Waals surface area contributed by atoms with Crippen LogP contribution in [0.25, 0.3) is 4.96 Å². The van der Waals surface area contributed by atoms with Crippen LogP contribution in [0.4, 0.5) is 5.13 Å². The van der Waals surface area contributed by atoms with Gasteiger partial charge in [0.05, 0.1) is 0 Å². The summed E-state index contributed by atoms with van der Waals surface area (Å²) in [7, 11) is 0. The second-order valence-corrected chi connectivity index (χ2v) is 7.00. The van der Waals surface area contributed by atoms with E-state index in [0.29, 0.717) is 4.96 Å². The summed E-state index contributed by atoms with van der Waals surface area (Å²) in [6.45, 7) is 0.812. The lowest BCUT2D eigenvalue weighted by Gasteiger charge is -2.00. The molecule has 3 heterocycles. The van der Waals surface area contributed by atoms with Gasteiger partial charge in [-0.25, -0.2) is 9.97 Å². The first-order chi connectivity index (χ1) is 9.83. The summed E-state index contributed by atoms with van der Waals surface area (Å²) in [5, 5.41) is 10.1. The Hall–Kier alpha value is -1.45. The van der Waals surface area contributed by atoms with Gasteiger partial charge in [-0.05, 0) is 6.42 Å². The molecule has 0 atom stereocenters. The van der Waals surface area contributed by atoms with Crippen LogP contribution in [0.5, 0.6) is 0 Å². The minimum Gasteiger partial charge on any atom is -0.360 e. The molecule has 9 heteroatoms. The summed E-state index contributed by atoms with van der Waals surface area (Å²) in [6, 6.07) is 1.40. The quantitative estimate of drug-likeness (QED) is 0.553. The Kier molecular flexibility index (Phi) is 4.28. The molecule has 3 aromatic rings. The third-order valence-corrected chi connectivity index (χ3v) is 5.34. The highest BCUT2D eigenvalue weighted by molar-refractivity contribution is 8.00. The van der Waals surface area contributed by atoms with Crippen LogP contribution >= 0.6 is 34.4 Å². The molecule has 0 radical (unpaired) electrons. The molecular weight excluding hydrogens is 314 g/mol. The van der Waals surface area contributed by atoms with E-state index in [2.05, 4.69) is 20.4 Å². The monoisotopic (exact) mass is 325 g/mol. The third kappa shape index (κ3) is 3.17. The van der Waals surface area contributed by atoms with Crippen molar-refractivity contribution >= 4 is 44.5 Å². The van der Waals surface area contributed by atoms with Crippen molar-refractivity contribution in [3.8, 4) is 0 Å². The fraction of sp³-hybridized carbons (Fsp3) is 0.273. The summed E-state index contributed by atoms with van der Waals surface area (Å²) in [5.74, 6) is 1.00. The zero-order valence-corrected chi connectivity index (χ0v) is 12.8. The lowest BCUT2D eigenvalue weighted by atomic mass is 10.5. The molecule has 0 aliphatic heterocycles. The lowest BCUT2D eigenvalue weighted by Crippen LogP contribution is -2.13. The van der Waals surface area contributed by atoms with Crippen LogP contribution < -0.4 is 10.9 Å². The fourth-order valence-electron chi connectivity index (χ4n) is 1.52. The molecule has 3 aromatic heterocycles. The number of fused-ring (bicyclic) bond motifs is 1. The van der Waals surface area contributed by atoms with E-state index in [-0.39, 0.29) is 5.56 Å². The summed E-state index contributed by atoms with van der Waals surface area (Å²) >= 11 is 4.79. The highest BCUT2D eigenvalue weighted by Crippen LogP contribution is 2.21. The number of anilines is 1. The van der Waals surface area contributed by atoms with Gasteiger partial charge in [-0.3, -0.25) is 4.79 Å². The van der Waals surface area contributed by atoms with Gasteiger partial charge in [-0.2, -0.15) is 4.52 Å². The van der Waals surface area contributed by atoms with Crippen LogP contribution in [0.1, 0.15) is 6.42 Å². The first-order valence-electron chi connectivity index (χ1n) is 5.94. The Morgan fingerprint density at radius 2 is 2.30 bits per heavy atom. The second-order valence-electron chi connectivity index (χ2n) is 3.81. The Bertz CT molecular complexity index is 736. The maximum absolute atomic E-state index is 11.5. The number of aromatic nitrogens is 4. The largest absolute Gasteiger partial charge is 0.360 e. The average Bonchev–Trinajstić information content (AvgIpc) is 3.08. The molecule has 0 saturated carbocycles. The molecule has 3 rings (SSSR count). The van der Waals surface area contributed by atoms with Gasteiger partial charge in [0.2, 0.25) is 10.1 Å². The first-order valence-corrected chi connectivity index (χ1v) is 8.62. The predicted molar refractivity (Wildman–Crippen MR) is 83.1 cm³/mol. The smallest absolute Gasteiger partial charge is 0.275 e. The molecule has 0 aliphatic rings. The summed E-state index contributed by atoms with van der Waals surface area (Å²) in [4.78, 5) is 20.5. The van der Waals surface area contributed by atoms with E-state index in [9.17, 15) is 4.79 Å². The number of nitrogens with zero attached hydrogens (tertiary/aromatic N) is 4. The molecule has 1 N–H and O–H groups in total. The fourth-order valence-corrected chi connectivity index (χ4v) is 3.97. The molecule has 0 saturated heterocycles. The van der Waals surface area contributed by atoms with Crippen molar-refractivity contribution in [2.24, 2.45) is 0 Å². The van der Waals surface area contributed by atoms with Crippen LogP contribution in [0, 0.1) is 0 Å². The highest BCUT2D eigenvalue weighted by atomic mass is 32.2. The lowest BCUT2D eigenvalue weighted by molar-refractivity contribution is 0.889. The number of hydrogen-bond donors (Lipinski definition) is 1. The average molecular weight is 325 g/mol. The SMILES string of the molecule is O=c1ccnc2sc(NCCCSc3nccs3)nn12. The first kappa shape index (κ1) is 13.5. The minimum absolute atomic E-state index is 0.154. The number of nitrogens with one attached hydrogen (secondary N) is 1. The molecule has 0 bridgehead atoms. The van der Waals surface area contributed by atoms with Crippen molar-refractivity contribution in [1.82, 2.24) is 19.6 Å². The maximum atomic E-state index is 11.5. The van der Waals surface area contributed by atoms with Crippen LogP contribution in [0.3, 0.4) is 0 Å². The van der Waals surface area contributed by atoms with E-state index in [0.717, 1.165) is 28.2 Å². The molecule has 20 heavy (non-hydrogen) atoms. The van der Waals surface area contributed by atoms with Crippen molar-refractivity contribution < 1.29 is 0 Å². The van der Waals surface area contributed by atoms with E-state index in [1.165, 1.54) is 28.1 Å². The van der Waals surface area contributed by atoms with E-state index < -0.39 is 0 Å². The van der Waals surface area contributed by atoms with E-state index in [4.69, 9.17) is 0 Å². The molecule has 0 spiro atoms. The van der Waals surface area contributed by atoms with Gasteiger partial charge in [0.15, 0.2) is 0 Å². The minimum atomic E-state index is -0.154. The van der Waals surface area contributed by atoms with Gasteiger partial charge >= 0.3 is 0 Å². The number of thioether (sulfide) groups is 1. The van der Waals surface area contributed by atoms with E-state index in [1.807, 2.05) is 11.6 Å². The standard InChI is InChI=1S/C11H11N5OS3/c17-8-2-4-13-10-16(8)15-9(20-10)12-3-1-6-18-11-14-5-7-19-11/h2,4-5,7H,1,3,6H2,(H,12,15). The van der Waals surface area contributed by atoms with Crippen LogP contribution in [0.15, 0.2) is 33.0 Å². The van der Waals surface area contributed by atoms with Gasteiger partial charge in [0.1, 0.15) is 4.34 Å². The van der Waals surface area contributed by atoms with E-state index >= 15 is 0 Å². The van der Waals surface area contributed by atoms with Gasteiger partial charge in [0, 0.05) is 36.1 Å². The van der Waals surface area contributed by atoms with Crippen LogP contribution in [0.2, 0.25) is 0 Å². The number of hydrogen-bond acceptors (Lipinski definition) is 8. The van der Waals surface area contributed by atoms with Gasteiger partial charge < -0.3 is 5.32 Å². The molecule has 104 valence electrons. The number of thiazole rings is 1. The summed E-state index contributed by atoms with van der Waals surface area (Å²) in [5.41, 5.74) is -0.154. The van der Waals surface area contributed by atoms with Crippen molar-refractivity contribution in [3.63, 3.8) is 0 Å². The maximum Gasteiger partial charge on any atom is 0.275 e. The van der Waals surface area contributed by atoms with Gasteiger partial charge in [-0.1, -0.05) is 23.1 Å². The second kappa shape index (κ2) is 6.33. The van der Waals surface area contributed by atoms with Crippen molar-refractivity contribution in [2.75, 3.05) is 17.6 Å².